The molecule has 1 amide bonds. The van der Waals surface area contributed by atoms with E-state index in [4.69, 9.17) is 20.4 Å². The lowest BCUT2D eigenvalue weighted by Gasteiger charge is -2.41. The standard InChI is InChI=1S/C30H38BrF2N3O4S.C2HF3O2/c31-22-8-6-21(7-9-22)30(32,33)28(29(37)36-24-10-11-25(36)19-23(34)18-24)35-41(38,39)27-14-12-26(13-15-27)40-17-16-20-4-2-1-3-5-20;3-2(4,5)1(6)7/h6-9,12-15,20,23-25,28,35H,1-5,10-11,16-19,34H2;(H,6,7)/t23?,24?,25?,28-;/m1./s1. The Kier molecular flexibility index (Phi) is 12.5. The van der Waals surface area contributed by atoms with Gasteiger partial charge in [-0.05, 0) is 74.4 Å². The Morgan fingerprint density at radius 2 is 1.48 bits per heavy atom. The van der Waals surface area contributed by atoms with Crippen molar-refractivity contribution in [3.63, 3.8) is 0 Å². The minimum Gasteiger partial charge on any atom is -0.494 e. The zero-order valence-electron chi connectivity index (χ0n) is 26.0. The highest BCUT2D eigenvalue weighted by Crippen LogP contribution is 2.40. The zero-order chi connectivity index (χ0) is 35.3. The number of carboxylic acids is 1. The maximum absolute atomic E-state index is 16.1. The number of nitrogens with two attached hydrogens (primary N) is 1. The van der Waals surface area contributed by atoms with Crippen LogP contribution in [-0.2, 0) is 25.5 Å². The number of ether oxygens (including phenoxy) is 1. The third-order valence-corrected chi connectivity index (χ3v) is 11.0. The van der Waals surface area contributed by atoms with E-state index in [1.54, 1.807) is 0 Å². The Morgan fingerprint density at radius 3 is 2.00 bits per heavy atom. The van der Waals surface area contributed by atoms with Crippen molar-refractivity contribution in [2.45, 2.75) is 105 Å². The van der Waals surface area contributed by atoms with E-state index in [1.807, 2.05) is 0 Å². The maximum atomic E-state index is 16.1. The van der Waals surface area contributed by atoms with Crippen molar-refractivity contribution in [2.75, 3.05) is 6.61 Å². The molecule has 1 aliphatic carbocycles. The van der Waals surface area contributed by atoms with Crippen molar-refractivity contribution >= 4 is 37.8 Å². The molecule has 0 spiro atoms. The molecule has 9 nitrogen and oxygen atoms in total. The number of alkyl halides is 5. The second-order valence-electron chi connectivity index (χ2n) is 12.5. The monoisotopic (exact) mass is 767 g/mol. The second kappa shape index (κ2) is 15.8. The van der Waals surface area contributed by atoms with Crippen molar-refractivity contribution < 1.29 is 49.8 Å². The summed E-state index contributed by atoms with van der Waals surface area (Å²) in [5, 5.41) is 7.12. The van der Waals surface area contributed by atoms with Crippen LogP contribution in [0.3, 0.4) is 0 Å². The summed E-state index contributed by atoms with van der Waals surface area (Å²) in [6, 6.07) is 7.95. The van der Waals surface area contributed by atoms with Gasteiger partial charge in [-0.1, -0.05) is 60.2 Å². The molecule has 3 aliphatic rings. The highest BCUT2D eigenvalue weighted by Gasteiger charge is 2.53. The number of carboxylic acid groups (broad SMARTS) is 1. The fourth-order valence-corrected chi connectivity index (χ4v) is 8.06. The van der Waals surface area contributed by atoms with E-state index in [0.29, 0.717) is 48.4 Å². The molecule has 5 rings (SSSR count). The minimum atomic E-state index is -5.08. The Balaban J connectivity index is 0.000000671. The first-order valence-electron chi connectivity index (χ1n) is 15.8. The molecule has 2 bridgehead atoms. The van der Waals surface area contributed by atoms with E-state index in [2.05, 4.69) is 20.7 Å². The summed E-state index contributed by atoms with van der Waals surface area (Å²) in [5.74, 6) is -6.34. The van der Waals surface area contributed by atoms with E-state index in [0.717, 1.165) is 6.42 Å². The molecule has 48 heavy (non-hydrogen) atoms. The quantitative estimate of drug-likeness (QED) is 0.240. The van der Waals surface area contributed by atoms with Crippen LogP contribution in [0.2, 0.25) is 0 Å². The summed E-state index contributed by atoms with van der Waals surface area (Å²) in [7, 11) is -4.49. The van der Waals surface area contributed by atoms with Crippen LogP contribution in [0.25, 0.3) is 0 Å². The Bertz CT molecular complexity index is 1490. The van der Waals surface area contributed by atoms with E-state index in [-0.39, 0.29) is 23.0 Å². The van der Waals surface area contributed by atoms with Gasteiger partial charge in [0.05, 0.1) is 11.5 Å². The molecule has 2 aromatic carbocycles. The average Bonchev–Trinajstić information content (AvgIpc) is 3.30. The van der Waals surface area contributed by atoms with Crippen LogP contribution in [0.1, 0.15) is 69.8 Å². The van der Waals surface area contributed by atoms with Crippen LogP contribution in [-0.4, -0.2) is 67.3 Å². The van der Waals surface area contributed by atoms with Gasteiger partial charge in [0, 0.05) is 28.2 Å². The number of aliphatic carboxylic acids is 1. The van der Waals surface area contributed by atoms with Gasteiger partial charge in [0.2, 0.25) is 15.9 Å². The second-order valence-corrected chi connectivity index (χ2v) is 15.1. The predicted octanol–water partition coefficient (Wildman–Crippen LogP) is 6.35. The third-order valence-electron chi connectivity index (χ3n) is 9.03. The summed E-state index contributed by atoms with van der Waals surface area (Å²) in [6.45, 7) is 0.535. The van der Waals surface area contributed by atoms with Crippen LogP contribution in [0.15, 0.2) is 57.9 Å². The molecule has 0 radical (unpaired) electrons. The van der Waals surface area contributed by atoms with E-state index >= 15 is 8.78 Å². The summed E-state index contributed by atoms with van der Waals surface area (Å²) in [6.07, 6.45) is 4.41. The average molecular weight is 769 g/mol. The van der Waals surface area contributed by atoms with Crippen molar-refractivity contribution in [3.05, 3.63) is 58.6 Å². The number of amides is 1. The Labute approximate surface area is 284 Å². The Hall–Kier alpha value is -2.82. The van der Waals surface area contributed by atoms with Gasteiger partial charge in [-0.15, -0.1) is 0 Å². The largest absolute Gasteiger partial charge is 0.494 e. The van der Waals surface area contributed by atoms with Crippen molar-refractivity contribution in [3.8, 4) is 5.75 Å². The molecular weight excluding hydrogens is 729 g/mol. The lowest BCUT2D eigenvalue weighted by atomic mass is 9.87. The molecule has 2 unspecified atom stereocenters. The number of fused-ring (bicyclic) bond motifs is 2. The number of carbonyl (C=O) groups excluding carboxylic acids is 1. The van der Waals surface area contributed by atoms with Gasteiger partial charge < -0.3 is 20.5 Å². The number of benzene rings is 2. The first-order valence-corrected chi connectivity index (χ1v) is 18.0. The fourth-order valence-electron chi connectivity index (χ4n) is 6.60. The first kappa shape index (κ1) is 38.0. The summed E-state index contributed by atoms with van der Waals surface area (Å²) >= 11 is 3.24. The zero-order valence-corrected chi connectivity index (χ0v) is 28.4. The van der Waals surface area contributed by atoms with Crippen molar-refractivity contribution in [1.29, 1.82) is 0 Å². The molecule has 2 heterocycles. The van der Waals surface area contributed by atoms with Gasteiger partial charge >= 0.3 is 12.1 Å². The number of nitrogens with zero attached hydrogens (tertiary/aromatic N) is 1. The summed E-state index contributed by atoms with van der Waals surface area (Å²) in [4.78, 5) is 23.9. The highest BCUT2D eigenvalue weighted by molar-refractivity contribution is 9.10. The molecule has 3 atom stereocenters. The van der Waals surface area contributed by atoms with Gasteiger partial charge in [-0.25, -0.2) is 13.2 Å². The number of sulfonamides is 1. The number of hydrogen-bond donors (Lipinski definition) is 3. The molecule has 1 saturated carbocycles. The van der Waals surface area contributed by atoms with Crippen molar-refractivity contribution in [1.82, 2.24) is 9.62 Å². The number of hydrogen-bond acceptors (Lipinski definition) is 6. The van der Waals surface area contributed by atoms with E-state index in [9.17, 15) is 26.4 Å². The van der Waals surface area contributed by atoms with Gasteiger partial charge in [-0.3, -0.25) is 4.79 Å². The number of rotatable bonds is 10. The maximum Gasteiger partial charge on any atom is 0.490 e. The third kappa shape index (κ3) is 9.66. The number of nitrogens with one attached hydrogen (secondary N) is 1. The lowest BCUT2D eigenvalue weighted by molar-refractivity contribution is -0.192. The van der Waals surface area contributed by atoms with Crippen LogP contribution < -0.4 is 15.2 Å². The minimum absolute atomic E-state index is 0.109. The first-order chi connectivity index (χ1) is 22.5. The van der Waals surface area contributed by atoms with Gasteiger partial charge in [0.1, 0.15) is 5.75 Å². The predicted molar refractivity (Wildman–Crippen MR) is 170 cm³/mol. The molecule has 0 aromatic heterocycles. The molecule has 3 fully saturated rings. The highest BCUT2D eigenvalue weighted by atomic mass is 79.9. The Morgan fingerprint density at radius 1 is 0.938 bits per heavy atom. The normalized spacial score (nSPS) is 22.4. The number of halogens is 6. The van der Waals surface area contributed by atoms with Gasteiger partial charge in [-0.2, -0.15) is 26.7 Å². The summed E-state index contributed by atoms with van der Waals surface area (Å²) in [5.41, 5.74) is 5.68. The van der Waals surface area contributed by atoms with Gasteiger partial charge in [0.25, 0.3) is 5.92 Å². The van der Waals surface area contributed by atoms with Crippen LogP contribution in [0, 0.1) is 5.92 Å². The smallest absolute Gasteiger partial charge is 0.490 e. The summed E-state index contributed by atoms with van der Waals surface area (Å²) < 4.78 is 99.3. The molecule has 2 saturated heterocycles. The van der Waals surface area contributed by atoms with Crippen molar-refractivity contribution in [2.24, 2.45) is 11.7 Å². The fraction of sp³-hybridized carbons (Fsp3) is 0.562. The topological polar surface area (TPSA) is 139 Å². The lowest BCUT2D eigenvalue weighted by Crippen LogP contribution is -2.60. The van der Waals surface area contributed by atoms with Crippen LogP contribution >= 0.6 is 15.9 Å². The van der Waals surface area contributed by atoms with Crippen LogP contribution in [0.4, 0.5) is 22.0 Å². The number of carbonyl (C=O) groups is 2. The van der Waals surface area contributed by atoms with E-state index < -0.39 is 45.6 Å². The van der Waals surface area contributed by atoms with Crippen LogP contribution in [0.5, 0.6) is 5.75 Å². The molecular formula is C32H39BrF5N3O6S. The molecule has 266 valence electrons. The molecule has 16 heteroatoms. The SMILES string of the molecule is NC1CC2CCC(C1)N2C(=O)[C@@H](NS(=O)(=O)c1ccc(OCCC2CCCCC2)cc1)C(F)(F)c1ccc(Br)cc1.O=C(O)C(F)(F)F. The molecule has 2 aromatic rings. The molecule has 2 aliphatic heterocycles. The van der Waals surface area contributed by atoms with E-state index in [1.165, 1.54) is 85.5 Å². The number of piperidine rings is 1. The molecule has 4 N–H and O–H groups in total. The van der Waals surface area contributed by atoms with Gasteiger partial charge in [0.15, 0.2) is 6.04 Å².